The van der Waals surface area contributed by atoms with Gasteiger partial charge in [0.2, 0.25) is 0 Å². The van der Waals surface area contributed by atoms with Crippen LogP contribution in [-0.2, 0) is 19.1 Å². The average Bonchev–Trinajstić information content (AvgIpc) is 2.61. The van der Waals surface area contributed by atoms with E-state index in [2.05, 4.69) is 10.6 Å². The van der Waals surface area contributed by atoms with Crippen LogP contribution in [0.3, 0.4) is 0 Å². The lowest BCUT2D eigenvalue weighted by Gasteiger charge is -2.21. The number of carbonyl (C=O) groups is 3. The molecule has 0 fully saturated rings. The first-order valence-corrected chi connectivity index (χ1v) is 8.24. The number of benzene rings is 1. The Labute approximate surface area is 151 Å². The Bertz CT molecular complexity index is 711. The largest absolute Gasteiger partial charge is 0.479 e. The quantitative estimate of drug-likeness (QED) is 0.712. The van der Waals surface area contributed by atoms with Gasteiger partial charge in [-0.1, -0.05) is 17.7 Å². The van der Waals surface area contributed by atoms with E-state index in [1.54, 1.807) is 26.0 Å². The minimum Gasteiger partial charge on any atom is -0.479 e. The third-order valence-corrected chi connectivity index (χ3v) is 3.60. The zero-order valence-corrected chi connectivity index (χ0v) is 15.0. The molecular weight excluding hydrogens is 340 g/mol. The van der Waals surface area contributed by atoms with Gasteiger partial charge in [0.1, 0.15) is 12.4 Å². The maximum absolute atomic E-state index is 12.1. The molecule has 0 spiro atoms. The van der Waals surface area contributed by atoms with E-state index in [0.717, 1.165) is 5.56 Å². The van der Waals surface area contributed by atoms with Gasteiger partial charge in [0.25, 0.3) is 0 Å². The summed E-state index contributed by atoms with van der Waals surface area (Å²) in [6.07, 6.45) is -0.846. The number of hydrogen-bond acceptors (Lipinski definition) is 6. The van der Waals surface area contributed by atoms with E-state index in [-0.39, 0.29) is 31.0 Å². The van der Waals surface area contributed by atoms with Gasteiger partial charge in [-0.15, -0.1) is 0 Å². The molecule has 1 heterocycles. The van der Waals surface area contributed by atoms with Crippen LogP contribution in [-0.4, -0.2) is 43.8 Å². The number of rotatable bonds is 7. The molecule has 0 unspecified atom stereocenters. The van der Waals surface area contributed by atoms with Gasteiger partial charge in [0.15, 0.2) is 6.10 Å². The van der Waals surface area contributed by atoms with E-state index in [1.807, 2.05) is 19.1 Å². The molecule has 0 aliphatic carbocycles. The zero-order valence-electron chi connectivity index (χ0n) is 15.0. The van der Waals surface area contributed by atoms with Crippen LogP contribution < -0.4 is 15.4 Å². The fraction of sp³-hybridized carbons (Fsp3) is 0.389. The maximum atomic E-state index is 12.1. The Morgan fingerprint density at radius 1 is 1.19 bits per heavy atom. The zero-order chi connectivity index (χ0) is 19.1. The summed E-state index contributed by atoms with van der Waals surface area (Å²) in [7, 11) is 0. The van der Waals surface area contributed by atoms with Gasteiger partial charge in [0.05, 0.1) is 24.4 Å². The molecule has 26 heavy (non-hydrogen) atoms. The van der Waals surface area contributed by atoms with Crippen molar-refractivity contribution in [2.75, 3.05) is 19.8 Å². The van der Waals surface area contributed by atoms with Gasteiger partial charge in [-0.2, -0.15) is 0 Å². The first-order valence-electron chi connectivity index (χ1n) is 8.24. The predicted octanol–water partition coefficient (Wildman–Crippen LogP) is 1.44. The summed E-state index contributed by atoms with van der Waals surface area (Å²) < 4.78 is 15.6. The number of amides is 2. The summed E-state index contributed by atoms with van der Waals surface area (Å²) in [6.45, 7) is 5.13. The van der Waals surface area contributed by atoms with Crippen molar-refractivity contribution in [2.45, 2.75) is 26.9 Å². The summed E-state index contributed by atoms with van der Waals surface area (Å²) >= 11 is 0. The Kier molecular flexibility index (Phi) is 6.60. The smallest absolute Gasteiger partial charge is 0.347 e. The molecular formula is C18H22N2O6. The van der Waals surface area contributed by atoms with Crippen LogP contribution in [0, 0.1) is 6.92 Å². The van der Waals surface area contributed by atoms with Gasteiger partial charge >= 0.3 is 18.0 Å². The molecule has 1 atom stereocenters. The van der Waals surface area contributed by atoms with Gasteiger partial charge in [0, 0.05) is 0 Å². The highest BCUT2D eigenvalue weighted by molar-refractivity contribution is 5.93. The molecule has 0 bridgehead atoms. The minimum atomic E-state index is -0.846. The number of esters is 2. The lowest BCUT2D eigenvalue weighted by atomic mass is 10.1. The summed E-state index contributed by atoms with van der Waals surface area (Å²) in [6, 6.07) is 6.78. The Hall–Kier alpha value is -3.03. The topological polar surface area (TPSA) is 103 Å². The first-order chi connectivity index (χ1) is 12.4. The molecule has 0 aromatic heterocycles. The lowest BCUT2D eigenvalue weighted by Crippen LogP contribution is -2.45. The Morgan fingerprint density at radius 2 is 1.88 bits per heavy atom. The van der Waals surface area contributed by atoms with Gasteiger partial charge in [-0.3, -0.25) is 0 Å². The normalized spacial score (nSPS) is 14.8. The van der Waals surface area contributed by atoms with E-state index < -0.39 is 24.1 Å². The second-order valence-electron chi connectivity index (χ2n) is 5.67. The summed E-state index contributed by atoms with van der Waals surface area (Å²) in [4.78, 5) is 35.5. The molecule has 2 N–H and O–H groups in total. The fourth-order valence-corrected chi connectivity index (χ4v) is 2.20. The van der Waals surface area contributed by atoms with E-state index in [1.165, 1.54) is 0 Å². The number of hydrogen-bond donors (Lipinski definition) is 2. The molecule has 0 saturated heterocycles. The molecule has 8 nitrogen and oxygen atoms in total. The van der Waals surface area contributed by atoms with Gasteiger partial charge in [-0.05, 0) is 32.9 Å². The molecule has 2 rings (SSSR count). The second kappa shape index (κ2) is 8.89. The Morgan fingerprint density at radius 3 is 2.54 bits per heavy atom. The van der Waals surface area contributed by atoms with Crippen molar-refractivity contribution in [1.29, 1.82) is 0 Å². The highest BCUT2D eigenvalue weighted by Gasteiger charge is 2.25. The van der Waals surface area contributed by atoms with Crippen LogP contribution in [0.5, 0.6) is 5.75 Å². The number of urea groups is 1. The van der Waals surface area contributed by atoms with Crippen molar-refractivity contribution in [3.8, 4) is 5.75 Å². The van der Waals surface area contributed by atoms with Crippen molar-refractivity contribution < 1.29 is 28.6 Å². The highest BCUT2D eigenvalue weighted by atomic mass is 16.6. The van der Waals surface area contributed by atoms with E-state index >= 15 is 0 Å². The molecule has 1 aromatic carbocycles. The van der Waals surface area contributed by atoms with Crippen LogP contribution in [0.25, 0.3) is 0 Å². The van der Waals surface area contributed by atoms with Crippen molar-refractivity contribution >= 4 is 18.0 Å². The second-order valence-corrected chi connectivity index (χ2v) is 5.67. The predicted molar refractivity (Wildman–Crippen MR) is 92.4 cm³/mol. The molecule has 0 saturated carbocycles. The molecule has 1 aromatic rings. The van der Waals surface area contributed by atoms with Crippen molar-refractivity contribution in [2.24, 2.45) is 0 Å². The van der Waals surface area contributed by atoms with Crippen LogP contribution in [0.1, 0.15) is 19.4 Å². The Balaban J connectivity index is 1.97. The number of aryl methyl sites for hydroxylation is 1. The van der Waals surface area contributed by atoms with E-state index in [0.29, 0.717) is 5.75 Å². The van der Waals surface area contributed by atoms with Crippen LogP contribution in [0.4, 0.5) is 4.79 Å². The minimum absolute atomic E-state index is 0.00692. The monoisotopic (exact) mass is 362 g/mol. The molecule has 1 aliphatic heterocycles. The summed E-state index contributed by atoms with van der Waals surface area (Å²) in [5, 5.41) is 4.94. The van der Waals surface area contributed by atoms with E-state index in [4.69, 9.17) is 14.2 Å². The molecule has 1 aliphatic rings. The molecule has 8 heteroatoms. The summed E-state index contributed by atoms with van der Waals surface area (Å²) in [5.41, 5.74) is 1.49. The van der Waals surface area contributed by atoms with Crippen molar-refractivity contribution in [1.82, 2.24) is 10.6 Å². The standard InChI is InChI=1S/C18H22N2O6/c1-4-24-17(22)14-9-19-18(23)20-15(14)10-25-16(21)12(3)26-13-7-5-11(2)6-8-13/h5-8,12H,4,9-10H2,1-3H3,(H2,19,20,23)/t12-/m1/s1. The van der Waals surface area contributed by atoms with Gasteiger partial charge < -0.3 is 24.8 Å². The highest BCUT2D eigenvalue weighted by Crippen LogP contribution is 2.14. The maximum Gasteiger partial charge on any atom is 0.347 e. The third kappa shape index (κ3) is 5.23. The first kappa shape index (κ1) is 19.3. The fourth-order valence-electron chi connectivity index (χ4n) is 2.20. The number of nitrogens with one attached hydrogen (secondary N) is 2. The van der Waals surface area contributed by atoms with Crippen molar-refractivity contribution in [3.05, 3.63) is 41.1 Å². The SMILES string of the molecule is CCOC(=O)C1=C(COC(=O)[C@@H](C)Oc2ccc(C)cc2)NC(=O)NC1. The van der Waals surface area contributed by atoms with Gasteiger partial charge in [-0.25, -0.2) is 14.4 Å². The lowest BCUT2D eigenvalue weighted by molar-refractivity contribution is -0.150. The summed E-state index contributed by atoms with van der Waals surface area (Å²) in [5.74, 6) is -0.647. The van der Waals surface area contributed by atoms with Crippen LogP contribution in [0.2, 0.25) is 0 Å². The van der Waals surface area contributed by atoms with E-state index in [9.17, 15) is 14.4 Å². The van der Waals surface area contributed by atoms with Crippen LogP contribution in [0.15, 0.2) is 35.5 Å². The average molecular weight is 362 g/mol. The molecule has 0 radical (unpaired) electrons. The van der Waals surface area contributed by atoms with Crippen molar-refractivity contribution in [3.63, 3.8) is 0 Å². The molecule has 2 amide bonds. The number of carbonyl (C=O) groups excluding carboxylic acids is 3. The molecule has 140 valence electrons. The number of ether oxygens (including phenoxy) is 3. The van der Waals surface area contributed by atoms with Crippen LogP contribution >= 0.6 is 0 Å². The third-order valence-electron chi connectivity index (χ3n) is 3.60.